The van der Waals surface area contributed by atoms with E-state index in [1.54, 1.807) is 18.2 Å². The first-order valence-electron chi connectivity index (χ1n) is 6.09. The minimum absolute atomic E-state index is 0.0387. The monoisotopic (exact) mass is 277 g/mol. The quantitative estimate of drug-likeness (QED) is 0.690. The lowest BCUT2D eigenvalue weighted by molar-refractivity contribution is 0.0991. The van der Waals surface area contributed by atoms with Gasteiger partial charge in [0.1, 0.15) is 0 Å². The summed E-state index contributed by atoms with van der Waals surface area (Å²) in [6.07, 6.45) is 2.12. The van der Waals surface area contributed by atoms with Gasteiger partial charge in [0.25, 0.3) is 0 Å². The summed E-state index contributed by atoms with van der Waals surface area (Å²) in [5.74, 6) is -0.0387. The van der Waals surface area contributed by atoms with Crippen molar-refractivity contribution in [3.8, 4) is 0 Å². The first-order valence-corrected chi connectivity index (χ1v) is 6.47. The fourth-order valence-corrected chi connectivity index (χ4v) is 2.04. The minimum atomic E-state index is -0.0387. The Kier molecular flexibility index (Phi) is 3.90. The van der Waals surface area contributed by atoms with Gasteiger partial charge in [0.15, 0.2) is 5.78 Å². The third-order valence-corrected chi connectivity index (χ3v) is 2.99. The maximum atomic E-state index is 12.1. The number of Topliss-reactive ketones (excluding diaryl/α,β-unsaturated/α-hetero) is 1. The Morgan fingerprint density at radius 2 is 2.16 bits per heavy atom. The molecule has 1 aromatic heterocycles. The van der Waals surface area contributed by atoms with Gasteiger partial charge in [-0.05, 0) is 38.1 Å². The van der Waals surface area contributed by atoms with Crippen molar-refractivity contribution in [2.24, 2.45) is 0 Å². The van der Waals surface area contributed by atoms with Gasteiger partial charge in [-0.25, -0.2) is 0 Å². The summed E-state index contributed by atoms with van der Waals surface area (Å²) in [7, 11) is 0. The lowest BCUT2D eigenvalue weighted by atomic mass is 10.1. The van der Waals surface area contributed by atoms with E-state index < -0.39 is 0 Å². The molecule has 0 bridgehead atoms. The third-order valence-electron chi connectivity index (χ3n) is 2.78. The molecule has 1 aromatic carbocycles. The number of nitrogen functional groups attached to an aromatic ring is 1. The fraction of sp³-hybridized carbons (Fsp3) is 0.286. The summed E-state index contributed by atoms with van der Waals surface area (Å²) >= 11 is 5.89. The van der Waals surface area contributed by atoms with Crippen molar-refractivity contribution in [1.29, 1.82) is 0 Å². The van der Waals surface area contributed by atoms with Gasteiger partial charge < -0.3 is 5.73 Å². The molecule has 5 heteroatoms. The maximum absolute atomic E-state index is 12.1. The highest BCUT2D eigenvalue weighted by atomic mass is 35.5. The normalized spacial score (nSPS) is 10.9. The second-order valence-electron chi connectivity index (χ2n) is 4.75. The number of nitrogens with two attached hydrogens (primary N) is 1. The summed E-state index contributed by atoms with van der Waals surface area (Å²) in [5.41, 5.74) is 7.43. The van der Waals surface area contributed by atoms with Crippen LogP contribution in [-0.2, 0) is 6.42 Å². The van der Waals surface area contributed by atoms with E-state index in [-0.39, 0.29) is 18.2 Å². The molecule has 100 valence electrons. The van der Waals surface area contributed by atoms with Crippen molar-refractivity contribution in [2.45, 2.75) is 26.3 Å². The molecular weight excluding hydrogens is 262 g/mol. The molecule has 2 N–H and O–H groups in total. The molecular formula is C14H16ClN3O. The molecule has 0 saturated heterocycles. The number of hydrogen-bond donors (Lipinski definition) is 1. The number of nitrogens with zero attached hydrogens (tertiary/aromatic N) is 2. The summed E-state index contributed by atoms with van der Waals surface area (Å²) < 4.78 is 1.83. The van der Waals surface area contributed by atoms with Gasteiger partial charge >= 0.3 is 0 Å². The lowest BCUT2D eigenvalue weighted by Gasteiger charge is -2.04. The molecule has 19 heavy (non-hydrogen) atoms. The van der Waals surface area contributed by atoms with Crippen LogP contribution in [0.25, 0.3) is 0 Å². The van der Waals surface area contributed by atoms with Crippen LogP contribution in [-0.4, -0.2) is 15.6 Å². The molecule has 0 radical (unpaired) electrons. The van der Waals surface area contributed by atoms with Crippen molar-refractivity contribution in [2.75, 3.05) is 5.73 Å². The van der Waals surface area contributed by atoms with Gasteiger partial charge in [-0.2, -0.15) is 5.10 Å². The highest BCUT2D eigenvalue weighted by Gasteiger charge is 2.11. The first kappa shape index (κ1) is 13.6. The SMILES string of the molecule is CC(C)n1ccc(CC(=O)c2cc(N)cc(Cl)c2)n1. The van der Waals surface area contributed by atoms with Crippen LogP contribution in [0.5, 0.6) is 0 Å². The van der Waals surface area contributed by atoms with Gasteiger partial charge in [0.05, 0.1) is 12.1 Å². The Balaban J connectivity index is 2.15. The number of ketones is 1. The van der Waals surface area contributed by atoms with E-state index in [1.165, 1.54) is 0 Å². The van der Waals surface area contributed by atoms with E-state index in [0.29, 0.717) is 16.3 Å². The molecule has 2 rings (SSSR count). The van der Waals surface area contributed by atoms with Gasteiger partial charge in [0, 0.05) is 28.5 Å². The molecule has 0 fully saturated rings. The van der Waals surface area contributed by atoms with Crippen LogP contribution in [0.1, 0.15) is 35.9 Å². The second kappa shape index (κ2) is 5.45. The number of hydrogen-bond acceptors (Lipinski definition) is 3. The van der Waals surface area contributed by atoms with Crippen molar-refractivity contribution in [3.05, 3.63) is 46.7 Å². The number of carbonyl (C=O) groups excluding carboxylic acids is 1. The van der Waals surface area contributed by atoms with Crippen LogP contribution in [0.15, 0.2) is 30.5 Å². The van der Waals surface area contributed by atoms with Crippen molar-refractivity contribution >= 4 is 23.1 Å². The zero-order chi connectivity index (χ0) is 14.0. The van der Waals surface area contributed by atoms with Gasteiger partial charge in [-0.3, -0.25) is 9.48 Å². The highest BCUT2D eigenvalue weighted by Crippen LogP contribution is 2.18. The van der Waals surface area contributed by atoms with Crippen molar-refractivity contribution < 1.29 is 4.79 Å². The van der Waals surface area contributed by atoms with Crippen molar-refractivity contribution in [3.63, 3.8) is 0 Å². The van der Waals surface area contributed by atoms with Crippen LogP contribution < -0.4 is 5.73 Å². The van der Waals surface area contributed by atoms with Gasteiger partial charge in [-0.1, -0.05) is 11.6 Å². The molecule has 0 aliphatic rings. The van der Waals surface area contributed by atoms with E-state index in [4.69, 9.17) is 17.3 Å². The van der Waals surface area contributed by atoms with Crippen LogP contribution >= 0.6 is 11.6 Å². The Morgan fingerprint density at radius 1 is 1.42 bits per heavy atom. The predicted octanol–water partition coefficient (Wildman–Crippen LogP) is 3.13. The van der Waals surface area contributed by atoms with E-state index in [1.807, 2.05) is 30.8 Å². The summed E-state index contributed by atoms with van der Waals surface area (Å²) in [6, 6.07) is 7.01. The Bertz CT molecular complexity index is 584. The number of aromatic nitrogens is 2. The molecule has 0 atom stereocenters. The second-order valence-corrected chi connectivity index (χ2v) is 5.19. The topological polar surface area (TPSA) is 60.9 Å². The lowest BCUT2D eigenvalue weighted by Crippen LogP contribution is -2.07. The molecule has 0 spiro atoms. The van der Waals surface area contributed by atoms with E-state index in [0.717, 1.165) is 5.69 Å². The molecule has 0 aliphatic carbocycles. The molecule has 2 aromatic rings. The zero-order valence-corrected chi connectivity index (χ0v) is 11.7. The molecule has 1 heterocycles. The fourth-order valence-electron chi connectivity index (χ4n) is 1.80. The maximum Gasteiger partial charge on any atom is 0.169 e. The minimum Gasteiger partial charge on any atom is -0.399 e. The van der Waals surface area contributed by atoms with E-state index >= 15 is 0 Å². The largest absolute Gasteiger partial charge is 0.399 e. The van der Waals surface area contributed by atoms with Crippen LogP contribution in [0, 0.1) is 0 Å². The smallest absolute Gasteiger partial charge is 0.169 e. The number of carbonyl (C=O) groups is 1. The Labute approximate surface area is 117 Å². The van der Waals surface area contributed by atoms with Gasteiger partial charge in [-0.15, -0.1) is 0 Å². The van der Waals surface area contributed by atoms with Crippen molar-refractivity contribution in [1.82, 2.24) is 9.78 Å². The first-order chi connectivity index (χ1) is 8.95. The van der Waals surface area contributed by atoms with Gasteiger partial charge in [0.2, 0.25) is 0 Å². The third kappa shape index (κ3) is 3.35. The summed E-state index contributed by atoms with van der Waals surface area (Å²) in [5, 5.41) is 4.82. The van der Waals surface area contributed by atoms with Crippen LogP contribution in [0.4, 0.5) is 5.69 Å². The van der Waals surface area contributed by atoms with E-state index in [9.17, 15) is 4.79 Å². The highest BCUT2D eigenvalue weighted by molar-refractivity contribution is 6.31. The molecule has 0 aliphatic heterocycles. The number of anilines is 1. The Morgan fingerprint density at radius 3 is 2.74 bits per heavy atom. The summed E-state index contributed by atoms with van der Waals surface area (Å²) in [6.45, 7) is 4.08. The Hall–Kier alpha value is -1.81. The molecule has 0 amide bonds. The summed E-state index contributed by atoms with van der Waals surface area (Å²) in [4.78, 5) is 12.1. The molecule has 4 nitrogen and oxygen atoms in total. The zero-order valence-electron chi connectivity index (χ0n) is 10.9. The van der Waals surface area contributed by atoms with Crippen LogP contribution in [0.2, 0.25) is 5.02 Å². The molecule has 0 unspecified atom stereocenters. The number of benzene rings is 1. The number of halogens is 1. The average molecular weight is 278 g/mol. The van der Waals surface area contributed by atoms with E-state index in [2.05, 4.69) is 5.10 Å². The average Bonchev–Trinajstić information content (AvgIpc) is 2.76. The molecule has 0 saturated carbocycles. The number of rotatable bonds is 4. The standard InChI is InChI=1S/C14H16ClN3O/c1-9(2)18-4-3-13(17-18)8-14(19)10-5-11(15)7-12(16)6-10/h3-7,9H,8,16H2,1-2H3. The predicted molar refractivity (Wildman–Crippen MR) is 76.5 cm³/mol. The van der Waals surface area contributed by atoms with Crippen LogP contribution in [0.3, 0.4) is 0 Å².